The second kappa shape index (κ2) is 10.6. The van der Waals surface area contributed by atoms with Crippen molar-refractivity contribution >= 4 is 29.9 Å². The first-order valence-corrected chi connectivity index (χ1v) is 8.31. The fourth-order valence-electron chi connectivity index (χ4n) is 2.74. The van der Waals surface area contributed by atoms with Gasteiger partial charge in [0.1, 0.15) is 0 Å². The Morgan fingerprint density at radius 1 is 1.32 bits per heavy atom. The normalized spacial score (nSPS) is 15.8. The molecule has 1 aromatic rings. The van der Waals surface area contributed by atoms with Gasteiger partial charge in [0.2, 0.25) is 0 Å². The van der Waals surface area contributed by atoms with Crippen LogP contribution in [-0.2, 0) is 11.3 Å². The fourth-order valence-corrected chi connectivity index (χ4v) is 2.74. The minimum Gasteiger partial charge on any atom is -0.379 e. The highest BCUT2D eigenvalue weighted by molar-refractivity contribution is 14.0. The molecule has 1 saturated heterocycles. The number of halogens is 1. The molecule has 1 aromatic carbocycles. The van der Waals surface area contributed by atoms with Crippen LogP contribution in [0.2, 0.25) is 0 Å². The number of nitrogens with zero attached hydrogens (tertiary/aromatic N) is 3. The fraction of sp³-hybridized carbons (Fsp3) is 0.556. The SMILES string of the molecule is CN=C(NCc1cccc(C#N)c1)NCC(C)(C)N1CCOCC1.I. The third kappa shape index (κ3) is 6.80. The summed E-state index contributed by atoms with van der Waals surface area (Å²) in [7, 11) is 1.77. The number of ether oxygens (including phenoxy) is 1. The number of nitrogens with one attached hydrogen (secondary N) is 2. The maximum atomic E-state index is 8.96. The molecule has 6 nitrogen and oxygen atoms in total. The Balaban J connectivity index is 0.00000312. The lowest BCUT2D eigenvalue weighted by molar-refractivity contribution is -0.00834. The molecule has 7 heteroatoms. The highest BCUT2D eigenvalue weighted by atomic mass is 127. The number of nitriles is 1. The van der Waals surface area contributed by atoms with Crippen molar-refractivity contribution in [3.8, 4) is 6.07 Å². The second-order valence-electron chi connectivity index (χ2n) is 6.50. The first-order chi connectivity index (χ1) is 11.5. The quantitative estimate of drug-likeness (QED) is 0.402. The zero-order chi connectivity index (χ0) is 17.4. The van der Waals surface area contributed by atoms with E-state index >= 15 is 0 Å². The lowest BCUT2D eigenvalue weighted by Gasteiger charge is -2.41. The maximum Gasteiger partial charge on any atom is 0.191 e. The van der Waals surface area contributed by atoms with Crippen LogP contribution in [0.25, 0.3) is 0 Å². The smallest absolute Gasteiger partial charge is 0.191 e. The third-order valence-corrected chi connectivity index (χ3v) is 4.30. The van der Waals surface area contributed by atoms with Crippen LogP contribution in [0.15, 0.2) is 29.3 Å². The molecule has 0 aliphatic carbocycles. The number of morpholine rings is 1. The van der Waals surface area contributed by atoms with E-state index in [1.54, 1.807) is 13.1 Å². The van der Waals surface area contributed by atoms with Crippen molar-refractivity contribution in [3.05, 3.63) is 35.4 Å². The molecule has 0 spiro atoms. The summed E-state index contributed by atoms with van der Waals surface area (Å²) in [6.45, 7) is 9.41. The van der Waals surface area contributed by atoms with Gasteiger partial charge >= 0.3 is 0 Å². The molecule has 0 atom stereocenters. The predicted molar refractivity (Wildman–Crippen MR) is 111 cm³/mol. The average molecular weight is 457 g/mol. The van der Waals surface area contributed by atoms with Crippen LogP contribution < -0.4 is 10.6 Å². The van der Waals surface area contributed by atoms with Gasteiger partial charge in [-0.3, -0.25) is 9.89 Å². The van der Waals surface area contributed by atoms with E-state index < -0.39 is 0 Å². The van der Waals surface area contributed by atoms with E-state index in [9.17, 15) is 0 Å². The summed E-state index contributed by atoms with van der Waals surface area (Å²) in [5.41, 5.74) is 1.76. The van der Waals surface area contributed by atoms with Crippen LogP contribution in [0, 0.1) is 11.3 Å². The molecule has 0 aromatic heterocycles. The summed E-state index contributed by atoms with van der Waals surface area (Å²) in [5, 5.41) is 15.7. The molecular formula is C18H28IN5O. The van der Waals surface area contributed by atoms with E-state index in [1.807, 2.05) is 18.2 Å². The van der Waals surface area contributed by atoms with Crippen LogP contribution in [-0.4, -0.2) is 56.3 Å². The van der Waals surface area contributed by atoms with Crippen LogP contribution in [0.4, 0.5) is 0 Å². The number of rotatable bonds is 5. The van der Waals surface area contributed by atoms with Crippen molar-refractivity contribution in [2.45, 2.75) is 25.9 Å². The lowest BCUT2D eigenvalue weighted by Crippen LogP contribution is -2.56. The Hall–Kier alpha value is -1.37. The van der Waals surface area contributed by atoms with Crippen LogP contribution in [0.1, 0.15) is 25.0 Å². The van der Waals surface area contributed by atoms with Crippen molar-refractivity contribution in [2.75, 3.05) is 39.9 Å². The first kappa shape index (κ1) is 21.7. The Kier molecular flexibility index (Phi) is 9.17. The summed E-state index contributed by atoms with van der Waals surface area (Å²) in [4.78, 5) is 6.72. The maximum absolute atomic E-state index is 8.96. The molecule has 1 fully saturated rings. The molecule has 0 bridgehead atoms. The van der Waals surface area contributed by atoms with Gasteiger partial charge in [-0.05, 0) is 31.5 Å². The van der Waals surface area contributed by atoms with Gasteiger partial charge in [-0.2, -0.15) is 5.26 Å². The summed E-state index contributed by atoms with van der Waals surface area (Å²) in [5.74, 6) is 0.763. The van der Waals surface area contributed by atoms with Crippen molar-refractivity contribution in [1.29, 1.82) is 5.26 Å². The van der Waals surface area contributed by atoms with Gasteiger partial charge in [-0.25, -0.2) is 0 Å². The summed E-state index contributed by atoms with van der Waals surface area (Å²) >= 11 is 0. The second-order valence-corrected chi connectivity index (χ2v) is 6.50. The molecule has 0 saturated carbocycles. The Labute approximate surface area is 167 Å². The Morgan fingerprint density at radius 2 is 2.04 bits per heavy atom. The van der Waals surface area contributed by atoms with Gasteiger partial charge in [0.05, 0.1) is 24.8 Å². The average Bonchev–Trinajstić information content (AvgIpc) is 2.62. The largest absolute Gasteiger partial charge is 0.379 e. The van der Waals surface area contributed by atoms with Crippen molar-refractivity contribution in [3.63, 3.8) is 0 Å². The molecule has 1 aliphatic rings. The molecule has 0 amide bonds. The van der Waals surface area contributed by atoms with Gasteiger partial charge in [-0.1, -0.05) is 12.1 Å². The highest BCUT2D eigenvalue weighted by Gasteiger charge is 2.28. The number of hydrogen-bond donors (Lipinski definition) is 2. The molecule has 25 heavy (non-hydrogen) atoms. The Bertz CT molecular complexity index is 606. The monoisotopic (exact) mass is 457 g/mol. The van der Waals surface area contributed by atoms with Crippen molar-refractivity contribution < 1.29 is 4.74 Å². The van der Waals surface area contributed by atoms with Gasteiger partial charge in [0.25, 0.3) is 0 Å². The van der Waals surface area contributed by atoms with Crippen LogP contribution in [0.5, 0.6) is 0 Å². The number of guanidine groups is 1. The standard InChI is InChI=1S/C18H27N5O.HI/c1-18(2,23-7-9-24-10-8-23)14-22-17(20-3)21-13-16-6-4-5-15(11-16)12-19;/h4-6,11H,7-10,13-14H2,1-3H3,(H2,20,21,22);1H. The van der Waals surface area contributed by atoms with E-state index in [0.717, 1.165) is 44.4 Å². The molecule has 2 rings (SSSR count). The van der Waals surface area contributed by atoms with E-state index in [-0.39, 0.29) is 29.5 Å². The summed E-state index contributed by atoms with van der Waals surface area (Å²) in [6.07, 6.45) is 0. The number of aliphatic imine (C=N–C) groups is 1. The first-order valence-electron chi connectivity index (χ1n) is 8.31. The third-order valence-electron chi connectivity index (χ3n) is 4.30. The summed E-state index contributed by atoms with van der Waals surface area (Å²) < 4.78 is 5.43. The van der Waals surface area contributed by atoms with Crippen LogP contribution in [0.3, 0.4) is 0 Å². The van der Waals surface area contributed by atoms with Gasteiger partial charge in [0, 0.05) is 38.8 Å². The molecule has 138 valence electrons. The minimum atomic E-state index is 0. The van der Waals surface area contributed by atoms with Gasteiger partial charge in [0.15, 0.2) is 5.96 Å². The van der Waals surface area contributed by atoms with E-state index in [4.69, 9.17) is 10.00 Å². The van der Waals surface area contributed by atoms with Crippen molar-refractivity contribution in [1.82, 2.24) is 15.5 Å². The van der Waals surface area contributed by atoms with Gasteiger partial charge in [-0.15, -0.1) is 24.0 Å². The zero-order valence-corrected chi connectivity index (χ0v) is 17.5. The predicted octanol–water partition coefficient (Wildman–Crippen LogP) is 1.95. The molecule has 0 radical (unpaired) electrons. The lowest BCUT2D eigenvalue weighted by atomic mass is 10.0. The topological polar surface area (TPSA) is 72.7 Å². The zero-order valence-electron chi connectivity index (χ0n) is 15.2. The number of benzene rings is 1. The van der Waals surface area contributed by atoms with E-state index in [2.05, 4.69) is 40.4 Å². The molecule has 0 unspecified atom stereocenters. The highest BCUT2D eigenvalue weighted by Crippen LogP contribution is 2.15. The minimum absolute atomic E-state index is 0. The van der Waals surface area contributed by atoms with Gasteiger partial charge < -0.3 is 15.4 Å². The van der Waals surface area contributed by atoms with E-state index in [0.29, 0.717) is 12.1 Å². The molecular weight excluding hydrogens is 429 g/mol. The Morgan fingerprint density at radius 3 is 2.68 bits per heavy atom. The summed E-state index contributed by atoms with van der Waals surface area (Å²) in [6, 6.07) is 9.75. The van der Waals surface area contributed by atoms with E-state index in [1.165, 1.54) is 0 Å². The number of hydrogen-bond acceptors (Lipinski definition) is 4. The van der Waals surface area contributed by atoms with Crippen molar-refractivity contribution in [2.24, 2.45) is 4.99 Å². The molecule has 1 aliphatic heterocycles. The molecule has 1 heterocycles. The van der Waals surface area contributed by atoms with Crippen LogP contribution >= 0.6 is 24.0 Å². The molecule has 2 N–H and O–H groups in total.